The van der Waals surface area contributed by atoms with Crippen LogP contribution in [0.3, 0.4) is 0 Å². The topological polar surface area (TPSA) is 29.9 Å². The van der Waals surface area contributed by atoms with Crippen LogP contribution in [0.15, 0.2) is 0 Å². The number of hydrogen-bond donors (Lipinski definition) is 1. The molecule has 0 saturated heterocycles. The molecule has 1 atom stereocenters. The summed E-state index contributed by atoms with van der Waals surface area (Å²) >= 11 is 6.41. The second kappa shape index (κ2) is 7.30. The fraction of sp³-hybridized carbons (Fsp3) is 0.800. The number of aromatic nitrogens is 2. The van der Waals surface area contributed by atoms with Crippen LogP contribution >= 0.6 is 11.6 Å². The summed E-state index contributed by atoms with van der Waals surface area (Å²) in [6.45, 7) is 7.54. The van der Waals surface area contributed by atoms with Gasteiger partial charge in [-0.2, -0.15) is 5.10 Å². The third kappa shape index (κ3) is 3.96. The molecule has 1 N–H and O–H groups in total. The van der Waals surface area contributed by atoms with Crippen molar-refractivity contribution in [2.45, 2.75) is 52.9 Å². The van der Waals surface area contributed by atoms with Crippen molar-refractivity contribution in [2.75, 3.05) is 13.6 Å². The van der Waals surface area contributed by atoms with E-state index in [-0.39, 0.29) is 5.41 Å². The molecule has 0 aliphatic heterocycles. The molecule has 0 aliphatic carbocycles. The predicted octanol–water partition coefficient (Wildman–Crippen LogP) is 3.73. The Bertz CT molecular complexity index is 400. The summed E-state index contributed by atoms with van der Waals surface area (Å²) in [4.78, 5) is 0. The lowest BCUT2D eigenvalue weighted by molar-refractivity contribution is 0.230. The molecule has 19 heavy (non-hydrogen) atoms. The maximum Gasteiger partial charge on any atom is 0.0847 e. The van der Waals surface area contributed by atoms with E-state index in [1.165, 1.54) is 25.0 Å². The summed E-state index contributed by atoms with van der Waals surface area (Å²) in [6, 6.07) is 0. The quantitative estimate of drug-likeness (QED) is 0.789. The first-order valence-corrected chi connectivity index (χ1v) is 7.70. The van der Waals surface area contributed by atoms with Gasteiger partial charge in [0.25, 0.3) is 0 Å². The van der Waals surface area contributed by atoms with Crippen LogP contribution < -0.4 is 5.32 Å². The molecule has 0 aliphatic rings. The Morgan fingerprint density at radius 3 is 2.47 bits per heavy atom. The van der Waals surface area contributed by atoms with E-state index in [0.717, 1.165) is 30.1 Å². The summed E-state index contributed by atoms with van der Waals surface area (Å²) in [5.74, 6) is 0. The van der Waals surface area contributed by atoms with Crippen LogP contribution in [0.25, 0.3) is 0 Å². The molecule has 0 saturated carbocycles. The van der Waals surface area contributed by atoms with Gasteiger partial charge in [0.2, 0.25) is 0 Å². The first-order chi connectivity index (χ1) is 8.99. The average Bonchev–Trinajstić information content (AvgIpc) is 2.62. The van der Waals surface area contributed by atoms with Crippen LogP contribution in [0.2, 0.25) is 5.02 Å². The van der Waals surface area contributed by atoms with Gasteiger partial charge in [0.1, 0.15) is 0 Å². The molecule has 0 spiro atoms. The SMILES string of the molecule is CCCCC(CC)(CNC)Cc1c(Cl)c(C)nn1C. The highest BCUT2D eigenvalue weighted by Crippen LogP contribution is 2.35. The van der Waals surface area contributed by atoms with E-state index in [2.05, 4.69) is 24.3 Å². The standard InChI is InChI=1S/C15H28ClN3/c1-6-8-9-15(7-2,11-17-4)10-13-14(16)12(3)18-19(13)5/h17H,6-11H2,1-5H3. The lowest BCUT2D eigenvalue weighted by Crippen LogP contribution is -2.35. The molecule has 0 bridgehead atoms. The zero-order valence-corrected chi connectivity index (χ0v) is 13.8. The number of rotatable bonds is 8. The van der Waals surface area contributed by atoms with Crippen LogP contribution in [0.4, 0.5) is 0 Å². The molecule has 1 rings (SSSR count). The summed E-state index contributed by atoms with van der Waals surface area (Å²) in [7, 11) is 4.03. The number of halogens is 1. The van der Waals surface area contributed by atoms with Crippen LogP contribution in [-0.4, -0.2) is 23.4 Å². The molecule has 3 nitrogen and oxygen atoms in total. The highest BCUT2D eigenvalue weighted by atomic mass is 35.5. The normalized spacial score (nSPS) is 14.6. The average molecular weight is 286 g/mol. The van der Waals surface area contributed by atoms with E-state index < -0.39 is 0 Å². The molecular formula is C15H28ClN3. The Labute approximate surface area is 122 Å². The molecule has 1 aromatic heterocycles. The Kier molecular flexibility index (Phi) is 6.34. The molecule has 1 aromatic rings. The Balaban J connectivity index is 2.98. The molecule has 0 radical (unpaired) electrons. The van der Waals surface area contributed by atoms with Gasteiger partial charge >= 0.3 is 0 Å². The maximum atomic E-state index is 6.41. The van der Waals surface area contributed by atoms with E-state index in [1.807, 2.05) is 25.7 Å². The number of unbranched alkanes of at least 4 members (excludes halogenated alkanes) is 1. The third-order valence-corrected chi connectivity index (χ3v) is 4.66. The summed E-state index contributed by atoms with van der Waals surface area (Å²) < 4.78 is 1.95. The van der Waals surface area contributed by atoms with Gasteiger partial charge in [-0.25, -0.2) is 0 Å². The minimum absolute atomic E-state index is 0.286. The number of nitrogens with zero attached hydrogens (tertiary/aromatic N) is 2. The molecule has 0 amide bonds. The second-order valence-corrected chi connectivity index (χ2v) is 6.01. The molecule has 4 heteroatoms. The third-order valence-electron chi connectivity index (χ3n) is 4.17. The van der Waals surface area contributed by atoms with Crippen LogP contribution in [0.5, 0.6) is 0 Å². The largest absolute Gasteiger partial charge is 0.319 e. The zero-order chi connectivity index (χ0) is 14.5. The van der Waals surface area contributed by atoms with Crippen molar-refractivity contribution in [1.82, 2.24) is 15.1 Å². The van der Waals surface area contributed by atoms with Gasteiger partial charge in [-0.15, -0.1) is 0 Å². The van der Waals surface area contributed by atoms with Crippen molar-refractivity contribution in [1.29, 1.82) is 0 Å². The summed E-state index contributed by atoms with van der Waals surface area (Å²) in [5.41, 5.74) is 2.39. The van der Waals surface area contributed by atoms with Gasteiger partial charge in [-0.1, -0.05) is 38.3 Å². The van der Waals surface area contributed by atoms with Gasteiger partial charge in [-0.3, -0.25) is 4.68 Å². The minimum Gasteiger partial charge on any atom is -0.319 e. The van der Waals surface area contributed by atoms with Crippen molar-refractivity contribution in [3.05, 3.63) is 16.4 Å². The van der Waals surface area contributed by atoms with Crippen molar-refractivity contribution in [3.63, 3.8) is 0 Å². The monoisotopic (exact) mass is 285 g/mol. The summed E-state index contributed by atoms with van der Waals surface area (Å²) in [5, 5.41) is 8.64. The minimum atomic E-state index is 0.286. The highest BCUT2D eigenvalue weighted by molar-refractivity contribution is 6.31. The number of hydrogen-bond acceptors (Lipinski definition) is 2. The molecule has 110 valence electrons. The zero-order valence-electron chi connectivity index (χ0n) is 13.0. The maximum absolute atomic E-state index is 6.41. The smallest absolute Gasteiger partial charge is 0.0847 e. The lowest BCUT2D eigenvalue weighted by atomic mass is 9.76. The Morgan fingerprint density at radius 1 is 1.37 bits per heavy atom. The van der Waals surface area contributed by atoms with Crippen molar-refractivity contribution in [3.8, 4) is 0 Å². The lowest BCUT2D eigenvalue weighted by Gasteiger charge is -2.33. The Morgan fingerprint density at radius 2 is 2.05 bits per heavy atom. The first-order valence-electron chi connectivity index (χ1n) is 7.32. The predicted molar refractivity (Wildman–Crippen MR) is 82.8 cm³/mol. The van der Waals surface area contributed by atoms with Crippen LogP contribution in [0, 0.1) is 12.3 Å². The Hall–Kier alpha value is -0.540. The van der Waals surface area contributed by atoms with E-state index >= 15 is 0 Å². The van der Waals surface area contributed by atoms with Crippen molar-refractivity contribution < 1.29 is 0 Å². The molecule has 1 heterocycles. The molecular weight excluding hydrogens is 258 g/mol. The fourth-order valence-electron chi connectivity index (χ4n) is 2.82. The molecule has 0 fully saturated rings. The van der Waals surface area contributed by atoms with E-state index in [1.54, 1.807) is 0 Å². The molecule has 1 unspecified atom stereocenters. The number of nitrogens with one attached hydrogen (secondary N) is 1. The van der Waals surface area contributed by atoms with E-state index in [9.17, 15) is 0 Å². The number of aryl methyl sites for hydroxylation is 2. The first kappa shape index (κ1) is 16.5. The van der Waals surface area contributed by atoms with Crippen LogP contribution in [0.1, 0.15) is 50.9 Å². The van der Waals surface area contributed by atoms with Crippen molar-refractivity contribution >= 4 is 11.6 Å². The second-order valence-electron chi connectivity index (χ2n) is 5.63. The van der Waals surface area contributed by atoms with Gasteiger partial charge < -0.3 is 5.32 Å². The fourth-order valence-corrected chi connectivity index (χ4v) is 3.05. The van der Waals surface area contributed by atoms with Gasteiger partial charge in [0.15, 0.2) is 0 Å². The summed E-state index contributed by atoms with van der Waals surface area (Å²) in [6.07, 6.45) is 5.91. The van der Waals surface area contributed by atoms with E-state index in [0.29, 0.717) is 0 Å². The van der Waals surface area contributed by atoms with Crippen LogP contribution in [-0.2, 0) is 13.5 Å². The van der Waals surface area contributed by atoms with Gasteiger partial charge in [0, 0.05) is 13.6 Å². The van der Waals surface area contributed by atoms with Crippen molar-refractivity contribution in [2.24, 2.45) is 12.5 Å². The van der Waals surface area contributed by atoms with E-state index in [4.69, 9.17) is 11.6 Å². The molecule has 0 aromatic carbocycles. The van der Waals surface area contributed by atoms with Gasteiger partial charge in [-0.05, 0) is 38.6 Å². The highest BCUT2D eigenvalue weighted by Gasteiger charge is 2.30. The van der Waals surface area contributed by atoms with Gasteiger partial charge in [0.05, 0.1) is 16.4 Å².